The van der Waals surface area contributed by atoms with E-state index in [1.54, 1.807) is 47.3 Å². The molecule has 7 heteroatoms. The van der Waals surface area contributed by atoms with Gasteiger partial charge in [0.15, 0.2) is 0 Å². The molecule has 140 valence electrons. The van der Waals surface area contributed by atoms with Gasteiger partial charge in [0, 0.05) is 23.6 Å². The first kappa shape index (κ1) is 18.0. The van der Waals surface area contributed by atoms with Gasteiger partial charge in [-0.1, -0.05) is 23.7 Å². The summed E-state index contributed by atoms with van der Waals surface area (Å²) in [6.45, 7) is 2.43. The van der Waals surface area contributed by atoms with Gasteiger partial charge in [0.25, 0.3) is 5.91 Å². The molecule has 6 nitrogen and oxygen atoms in total. The molecule has 0 atom stereocenters. The van der Waals surface area contributed by atoms with Crippen LogP contribution in [0.15, 0.2) is 71.4 Å². The van der Waals surface area contributed by atoms with Crippen LogP contribution in [0.25, 0.3) is 11.5 Å². The maximum absolute atomic E-state index is 12.4. The molecule has 2 aromatic carbocycles. The second kappa shape index (κ2) is 7.70. The lowest BCUT2D eigenvalue weighted by Gasteiger charge is -2.07. The van der Waals surface area contributed by atoms with E-state index >= 15 is 0 Å². The summed E-state index contributed by atoms with van der Waals surface area (Å²) in [6, 6.07) is 16.1. The minimum atomic E-state index is -0.258. The Bertz CT molecular complexity index is 1100. The van der Waals surface area contributed by atoms with Crippen molar-refractivity contribution < 1.29 is 9.21 Å². The fourth-order valence-corrected chi connectivity index (χ4v) is 3.01. The summed E-state index contributed by atoms with van der Waals surface area (Å²) in [5.74, 6) is 1.03. The maximum atomic E-state index is 12.4. The molecule has 0 aliphatic heterocycles. The monoisotopic (exact) mass is 392 g/mol. The van der Waals surface area contributed by atoms with Crippen LogP contribution in [0.5, 0.6) is 0 Å². The van der Waals surface area contributed by atoms with E-state index in [9.17, 15) is 4.79 Å². The van der Waals surface area contributed by atoms with Crippen LogP contribution in [0.4, 0.5) is 5.69 Å². The highest BCUT2D eigenvalue weighted by molar-refractivity contribution is 6.34. The smallest absolute Gasteiger partial charge is 0.257 e. The molecule has 0 saturated carbocycles. The van der Waals surface area contributed by atoms with Gasteiger partial charge in [-0.25, -0.2) is 4.98 Å². The normalized spacial score (nSPS) is 10.8. The summed E-state index contributed by atoms with van der Waals surface area (Å²) in [5, 5.41) is 7.44. The van der Waals surface area contributed by atoms with Crippen LogP contribution in [0.2, 0.25) is 5.02 Å². The number of aromatic nitrogens is 3. The van der Waals surface area contributed by atoms with Crippen LogP contribution in [0.1, 0.15) is 21.8 Å². The molecule has 1 amide bonds. The van der Waals surface area contributed by atoms with Crippen LogP contribution in [0, 0.1) is 6.92 Å². The maximum Gasteiger partial charge on any atom is 0.257 e. The number of aryl methyl sites for hydroxylation is 1. The van der Waals surface area contributed by atoms with Gasteiger partial charge in [-0.3, -0.25) is 9.48 Å². The van der Waals surface area contributed by atoms with Gasteiger partial charge in [0.2, 0.25) is 5.89 Å². The Morgan fingerprint density at radius 1 is 1.14 bits per heavy atom. The number of nitrogens with one attached hydrogen (secondary N) is 1. The van der Waals surface area contributed by atoms with E-state index in [0.29, 0.717) is 28.7 Å². The standard InChI is InChI=1S/C21H17ClN4O2/c1-14-19(13-26-12-4-11-23-26)25-21(28-14)15-7-9-16(10-8-15)24-20(27)17-5-2-3-6-18(17)22/h2-12H,13H2,1H3,(H,24,27). The molecule has 0 aliphatic rings. The number of rotatable bonds is 5. The summed E-state index contributed by atoms with van der Waals surface area (Å²) in [4.78, 5) is 16.9. The molecule has 0 spiro atoms. The van der Waals surface area contributed by atoms with Gasteiger partial charge in [0.05, 0.1) is 17.1 Å². The summed E-state index contributed by atoms with van der Waals surface area (Å²) in [6.07, 6.45) is 3.61. The Kier molecular flexibility index (Phi) is 4.95. The number of carbonyl (C=O) groups excluding carboxylic acids is 1. The van der Waals surface area contributed by atoms with Crippen molar-refractivity contribution in [2.45, 2.75) is 13.5 Å². The SMILES string of the molecule is Cc1oc(-c2ccc(NC(=O)c3ccccc3Cl)cc2)nc1Cn1cccn1. The van der Waals surface area contributed by atoms with Gasteiger partial charge < -0.3 is 9.73 Å². The Hall–Kier alpha value is -3.38. The number of nitrogens with zero attached hydrogens (tertiary/aromatic N) is 3. The Morgan fingerprint density at radius 3 is 2.64 bits per heavy atom. The minimum absolute atomic E-state index is 0.258. The largest absolute Gasteiger partial charge is 0.441 e. The highest BCUT2D eigenvalue weighted by atomic mass is 35.5. The van der Waals surface area contributed by atoms with Crippen LogP contribution < -0.4 is 5.32 Å². The first-order valence-corrected chi connectivity index (χ1v) is 9.08. The molecule has 0 radical (unpaired) electrons. The molecule has 28 heavy (non-hydrogen) atoms. The Labute approximate surface area is 166 Å². The molecule has 1 N–H and O–H groups in total. The molecular weight excluding hydrogens is 376 g/mol. The highest BCUT2D eigenvalue weighted by Crippen LogP contribution is 2.24. The second-order valence-corrected chi connectivity index (χ2v) is 6.64. The lowest BCUT2D eigenvalue weighted by molar-refractivity contribution is 0.102. The number of anilines is 1. The Morgan fingerprint density at radius 2 is 1.93 bits per heavy atom. The van der Waals surface area contributed by atoms with E-state index in [0.717, 1.165) is 17.0 Å². The van der Waals surface area contributed by atoms with Gasteiger partial charge >= 0.3 is 0 Å². The molecule has 0 unspecified atom stereocenters. The molecule has 0 fully saturated rings. The summed E-state index contributed by atoms with van der Waals surface area (Å²) >= 11 is 6.07. The van der Waals surface area contributed by atoms with E-state index in [1.165, 1.54) is 0 Å². The number of hydrogen-bond donors (Lipinski definition) is 1. The zero-order valence-corrected chi connectivity index (χ0v) is 15.8. The van der Waals surface area contributed by atoms with Crippen molar-refractivity contribution in [2.24, 2.45) is 0 Å². The highest BCUT2D eigenvalue weighted by Gasteiger charge is 2.13. The zero-order valence-electron chi connectivity index (χ0n) is 15.1. The van der Waals surface area contributed by atoms with Gasteiger partial charge in [0.1, 0.15) is 11.5 Å². The van der Waals surface area contributed by atoms with Gasteiger partial charge in [-0.2, -0.15) is 5.10 Å². The summed E-state index contributed by atoms with van der Waals surface area (Å²) < 4.78 is 7.59. The average Bonchev–Trinajstić information content (AvgIpc) is 3.33. The van der Waals surface area contributed by atoms with Crippen molar-refractivity contribution in [3.63, 3.8) is 0 Å². The number of halogens is 1. The minimum Gasteiger partial charge on any atom is -0.441 e. The topological polar surface area (TPSA) is 73.0 Å². The third-order valence-corrected chi connectivity index (χ3v) is 4.60. The van der Waals surface area contributed by atoms with E-state index in [-0.39, 0.29) is 5.91 Å². The van der Waals surface area contributed by atoms with Crippen molar-refractivity contribution in [1.82, 2.24) is 14.8 Å². The number of hydrogen-bond acceptors (Lipinski definition) is 4. The summed E-state index contributed by atoms with van der Waals surface area (Å²) in [5.41, 5.74) is 2.74. The number of carbonyl (C=O) groups is 1. The molecule has 2 aromatic heterocycles. The summed E-state index contributed by atoms with van der Waals surface area (Å²) in [7, 11) is 0. The molecule has 0 bridgehead atoms. The van der Waals surface area contributed by atoms with E-state index < -0.39 is 0 Å². The second-order valence-electron chi connectivity index (χ2n) is 6.24. The molecule has 2 heterocycles. The van der Waals surface area contributed by atoms with Gasteiger partial charge in [-0.05, 0) is 49.4 Å². The van der Waals surface area contributed by atoms with Crippen LogP contribution >= 0.6 is 11.6 Å². The fourth-order valence-electron chi connectivity index (χ4n) is 2.79. The molecule has 4 rings (SSSR count). The van der Waals surface area contributed by atoms with Crippen molar-refractivity contribution in [3.8, 4) is 11.5 Å². The van der Waals surface area contributed by atoms with Crippen molar-refractivity contribution in [2.75, 3.05) is 5.32 Å². The van der Waals surface area contributed by atoms with E-state index in [1.807, 2.05) is 31.3 Å². The predicted molar refractivity (Wildman–Crippen MR) is 107 cm³/mol. The Balaban J connectivity index is 1.49. The van der Waals surface area contributed by atoms with E-state index in [4.69, 9.17) is 16.0 Å². The lowest BCUT2D eigenvalue weighted by atomic mass is 10.2. The third-order valence-electron chi connectivity index (χ3n) is 4.27. The van der Waals surface area contributed by atoms with Crippen LogP contribution in [0.3, 0.4) is 0 Å². The molecule has 4 aromatic rings. The number of amides is 1. The third kappa shape index (κ3) is 3.82. The van der Waals surface area contributed by atoms with Crippen molar-refractivity contribution in [1.29, 1.82) is 0 Å². The van der Waals surface area contributed by atoms with Gasteiger partial charge in [-0.15, -0.1) is 0 Å². The lowest BCUT2D eigenvalue weighted by Crippen LogP contribution is -2.12. The quantitative estimate of drug-likeness (QED) is 0.529. The van der Waals surface area contributed by atoms with E-state index in [2.05, 4.69) is 15.4 Å². The molecular formula is C21H17ClN4O2. The average molecular weight is 393 g/mol. The first-order chi connectivity index (χ1) is 13.6. The van der Waals surface area contributed by atoms with Crippen molar-refractivity contribution >= 4 is 23.2 Å². The zero-order chi connectivity index (χ0) is 19.5. The fraction of sp³-hybridized carbons (Fsp3) is 0.0952. The predicted octanol–water partition coefficient (Wildman–Crippen LogP) is 4.80. The molecule has 0 saturated heterocycles. The first-order valence-electron chi connectivity index (χ1n) is 8.70. The number of benzene rings is 2. The number of oxazole rings is 1. The van der Waals surface area contributed by atoms with Crippen molar-refractivity contribution in [3.05, 3.63) is 89.0 Å². The van der Waals surface area contributed by atoms with Crippen LogP contribution in [-0.2, 0) is 6.54 Å². The van der Waals surface area contributed by atoms with Crippen LogP contribution in [-0.4, -0.2) is 20.7 Å². The molecule has 0 aliphatic carbocycles.